The van der Waals surface area contributed by atoms with Crippen LogP contribution in [-0.4, -0.2) is 43.6 Å². The van der Waals surface area contributed by atoms with Crippen molar-refractivity contribution in [1.82, 2.24) is 4.90 Å². The zero-order valence-corrected chi connectivity index (χ0v) is 19.2. The molecule has 34 heavy (non-hydrogen) atoms. The number of amides is 1. The molecule has 0 unspecified atom stereocenters. The molecule has 1 heterocycles. The fourth-order valence-electron chi connectivity index (χ4n) is 3.84. The predicted molar refractivity (Wildman–Crippen MR) is 121 cm³/mol. The van der Waals surface area contributed by atoms with Gasteiger partial charge < -0.3 is 10.0 Å². The third-order valence-electron chi connectivity index (χ3n) is 5.59. The van der Waals surface area contributed by atoms with Crippen molar-refractivity contribution in [3.63, 3.8) is 0 Å². The highest BCUT2D eigenvalue weighted by atomic mass is 35.5. The summed E-state index contributed by atoms with van der Waals surface area (Å²) in [4.78, 5) is 13.3. The molecular weight excluding hydrogens is 491 g/mol. The Bertz CT molecular complexity index is 1370. The van der Waals surface area contributed by atoms with Crippen molar-refractivity contribution < 1.29 is 31.5 Å². The Labute approximate surface area is 199 Å². The normalized spacial score (nSPS) is 16.1. The molecule has 0 spiro atoms. The first kappa shape index (κ1) is 24.1. The number of nitrogens with zero attached hydrogens (tertiary/aromatic N) is 1. The first-order valence-electron chi connectivity index (χ1n) is 10.3. The largest absolute Gasteiger partial charge is 0.505 e. The number of hydrogen-bond donors (Lipinski definition) is 1. The van der Waals surface area contributed by atoms with Crippen molar-refractivity contribution in [2.75, 3.05) is 13.1 Å². The second kappa shape index (κ2) is 9.31. The third-order valence-corrected chi connectivity index (χ3v) is 7.56. The quantitative estimate of drug-likeness (QED) is 0.516. The van der Waals surface area contributed by atoms with Gasteiger partial charge in [-0.05, 0) is 30.2 Å². The SMILES string of the molecule is O=C(c1cc(Cl)c(O)c(S(=O)(=O)Cc2cc(-c3ccccc3)c(F)cc2F)c1)N1CC[C@@H](F)C1. The number of likely N-dealkylation sites (tertiary alicyclic amines) is 1. The lowest BCUT2D eigenvalue weighted by Gasteiger charge is -2.17. The number of hydrogen-bond acceptors (Lipinski definition) is 4. The van der Waals surface area contributed by atoms with Gasteiger partial charge in [-0.3, -0.25) is 4.79 Å². The lowest BCUT2D eigenvalue weighted by atomic mass is 10.0. The molecule has 178 valence electrons. The van der Waals surface area contributed by atoms with Crippen molar-refractivity contribution in [2.24, 2.45) is 0 Å². The van der Waals surface area contributed by atoms with Gasteiger partial charge in [0.15, 0.2) is 15.6 Å². The lowest BCUT2D eigenvalue weighted by molar-refractivity contribution is 0.0782. The van der Waals surface area contributed by atoms with Crippen LogP contribution in [0.25, 0.3) is 11.1 Å². The lowest BCUT2D eigenvalue weighted by Crippen LogP contribution is -2.29. The van der Waals surface area contributed by atoms with E-state index in [1.807, 2.05) is 0 Å². The number of alkyl halides is 1. The summed E-state index contributed by atoms with van der Waals surface area (Å²) in [6, 6.07) is 11.9. The van der Waals surface area contributed by atoms with Crippen molar-refractivity contribution in [3.8, 4) is 16.9 Å². The Balaban J connectivity index is 1.72. The predicted octanol–water partition coefficient (Wildman–Crippen LogP) is 5.15. The Hall–Kier alpha value is -3.04. The maximum atomic E-state index is 14.5. The van der Waals surface area contributed by atoms with Crippen LogP contribution < -0.4 is 0 Å². The molecule has 5 nitrogen and oxygen atoms in total. The fourth-order valence-corrected chi connectivity index (χ4v) is 5.62. The average Bonchev–Trinajstić information content (AvgIpc) is 3.23. The zero-order chi connectivity index (χ0) is 24.6. The minimum atomic E-state index is -4.43. The topological polar surface area (TPSA) is 74.7 Å². The highest BCUT2D eigenvalue weighted by Crippen LogP contribution is 2.36. The molecule has 0 aliphatic carbocycles. The van der Waals surface area contributed by atoms with Gasteiger partial charge in [0.1, 0.15) is 22.7 Å². The maximum absolute atomic E-state index is 14.5. The molecule has 1 saturated heterocycles. The van der Waals surface area contributed by atoms with Crippen LogP contribution in [0.4, 0.5) is 13.2 Å². The minimum absolute atomic E-state index is 0.00759. The van der Waals surface area contributed by atoms with Gasteiger partial charge in [0.05, 0.1) is 17.3 Å². The van der Waals surface area contributed by atoms with Crippen LogP contribution >= 0.6 is 11.6 Å². The van der Waals surface area contributed by atoms with Crippen molar-refractivity contribution in [1.29, 1.82) is 0 Å². The van der Waals surface area contributed by atoms with E-state index in [2.05, 4.69) is 0 Å². The summed E-state index contributed by atoms with van der Waals surface area (Å²) < 4.78 is 68.7. The number of rotatable bonds is 5. The van der Waals surface area contributed by atoms with Gasteiger partial charge in [-0.1, -0.05) is 41.9 Å². The molecule has 10 heteroatoms. The summed E-state index contributed by atoms with van der Waals surface area (Å²) in [6.07, 6.45) is -1.02. The van der Waals surface area contributed by atoms with Crippen LogP contribution in [0.5, 0.6) is 5.75 Å². The van der Waals surface area contributed by atoms with Crippen molar-refractivity contribution >= 4 is 27.3 Å². The molecule has 0 aromatic heterocycles. The van der Waals surface area contributed by atoms with E-state index in [0.29, 0.717) is 11.6 Å². The molecule has 0 bridgehead atoms. The number of sulfone groups is 1. The van der Waals surface area contributed by atoms with Crippen LogP contribution in [0.3, 0.4) is 0 Å². The number of phenols is 1. The number of carbonyl (C=O) groups is 1. The van der Waals surface area contributed by atoms with E-state index in [0.717, 1.165) is 18.2 Å². The van der Waals surface area contributed by atoms with Gasteiger partial charge in [0.25, 0.3) is 5.91 Å². The summed E-state index contributed by atoms with van der Waals surface area (Å²) in [5.74, 6) is -4.30. The smallest absolute Gasteiger partial charge is 0.254 e. The van der Waals surface area contributed by atoms with Gasteiger partial charge in [-0.25, -0.2) is 21.6 Å². The number of benzene rings is 3. The van der Waals surface area contributed by atoms with E-state index >= 15 is 0 Å². The zero-order valence-electron chi connectivity index (χ0n) is 17.6. The van der Waals surface area contributed by atoms with Gasteiger partial charge in [0.2, 0.25) is 0 Å². The summed E-state index contributed by atoms with van der Waals surface area (Å²) >= 11 is 5.98. The third kappa shape index (κ3) is 4.76. The van der Waals surface area contributed by atoms with Crippen molar-refractivity contribution in [2.45, 2.75) is 23.2 Å². The second-order valence-corrected chi connectivity index (χ2v) is 10.4. The number of aromatic hydroxyl groups is 1. The average molecular weight is 510 g/mol. The van der Waals surface area contributed by atoms with Gasteiger partial charge >= 0.3 is 0 Å². The van der Waals surface area contributed by atoms with E-state index in [4.69, 9.17) is 11.6 Å². The van der Waals surface area contributed by atoms with Gasteiger partial charge in [0, 0.05) is 29.3 Å². The Morgan fingerprint density at radius 1 is 1.09 bits per heavy atom. The molecule has 4 rings (SSSR count). The maximum Gasteiger partial charge on any atom is 0.254 e. The van der Waals surface area contributed by atoms with E-state index < -0.39 is 55.0 Å². The van der Waals surface area contributed by atoms with Crippen LogP contribution in [-0.2, 0) is 15.6 Å². The minimum Gasteiger partial charge on any atom is -0.505 e. The highest BCUT2D eigenvalue weighted by Gasteiger charge is 2.30. The summed E-state index contributed by atoms with van der Waals surface area (Å²) in [5, 5.41) is 9.92. The molecule has 1 aliphatic heterocycles. The number of carbonyl (C=O) groups excluding carboxylic acids is 1. The molecule has 1 aliphatic rings. The van der Waals surface area contributed by atoms with Crippen LogP contribution in [0.1, 0.15) is 22.3 Å². The molecule has 1 N–H and O–H groups in total. The molecule has 3 aromatic rings. The first-order valence-corrected chi connectivity index (χ1v) is 12.3. The van der Waals surface area contributed by atoms with E-state index in [1.54, 1.807) is 30.3 Å². The fraction of sp³-hybridized carbons (Fsp3) is 0.208. The van der Waals surface area contributed by atoms with E-state index in [1.165, 1.54) is 4.90 Å². The van der Waals surface area contributed by atoms with Gasteiger partial charge in [-0.2, -0.15) is 0 Å². The molecule has 3 aromatic carbocycles. The van der Waals surface area contributed by atoms with E-state index in [-0.39, 0.29) is 36.2 Å². The second-order valence-electron chi connectivity index (χ2n) is 7.99. The summed E-state index contributed by atoms with van der Waals surface area (Å²) in [7, 11) is -4.43. The Kier molecular flexibility index (Phi) is 6.60. The van der Waals surface area contributed by atoms with Crippen LogP contribution in [0.15, 0.2) is 59.5 Å². The molecule has 1 fully saturated rings. The standard InChI is InChI=1S/C24H19ClF3NO4S/c25-19-9-15(24(31)29-7-6-17(26)12-29)10-22(23(19)30)34(32,33)13-16-8-18(21(28)11-20(16)27)14-4-2-1-3-5-14/h1-5,8-11,17,30H,6-7,12-13H2/t17-/m1/s1. The van der Waals surface area contributed by atoms with Gasteiger partial charge in [-0.15, -0.1) is 0 Å². The molecule has 1 amide bonds. The molecule has 0 radical (unpaired) electrons. The summed E-state index contributed by atoms with van der Waals surface area (Å²) in [6.45, 7) is 0.0199. The van der Waals surface area contributed by atoms with Crippen LogP contribution in [0.2, 0.25) is 5.02 Å². The Morgan fingerprint density at radius 2 is 1.79 bits per heavy atom. The molecule has 0 saturated carbocycles. The number of halogens is 4. The first-order chi connectivity index (χ1) is 16.1. The van der Waals surface area contributed by atoms with E-state index in [9.17, 15) is 31.5 Å². The highest BCUT2D eigenvalue weighted by molar-refractivity contribution is 7.90. The Morgan fingerprint density at radius 3 is 2.44 bits per heavy atom. The molecule has 1 atom stereocenters. The monoisotopic (exact) mass is 509 g/mol. The van der Waals surface area contributed by atoms with Crippen LogP contribution in [0, 0.1) is 11.6 Å². The summed E-state index contributed by atoms with van der Waals surface area (Å²) in [5.41, 5.74) is -0.0468. The van der Waals surface area contributed by atoms with Crippen molar-refractivity contribution in [3.05, 3.63) is 82.4 Å². The molecular formula is C24H19ClF3NO4S. The number of phenolic OH excluding ortho intramolecular Hbond substituents is 1.